The third-order valence-corrected chi connectivity index (χ3v) is 8.07. The fourth-order valence-corrected chi connectivity index (χ4v) is 5.94. The number of halogens is 2. The van der Waals surface area contributed by atoms with Crippen molar-refractivity contribution >= 4 is 22.6 Å². The Morgan fingerprint density at radius 3 is 2.87 bits per heavy atom. The number of benzene rings is 2. The standard InChI is InChI=1S/C29H31F2N5O2/c1-16(30)28(37)33-11-10-32-27-22-9-8-21(20-7-3-5-17-13-18-14-23(18)24(17)20)25(31)26(22)34-29(35-27)38-15-19-6-4-12-36(19)2/h3,5,7-9,18-19,23H,1,4,6,10-15H2,2H3,(H,33,37)(H,32,34,35)/t18-,19+,23+/m1/s1. The van der Waals surface area contributed by atoms with Crippen LogP contribution in [-0.2, 0) is 11.2 Å². The van der Waals surface area contributed by atoms with E-state index >= 15 is 4.39 Å². The van der Waals surface area contributed by atoms with E-state index in [1.165, 1.54) is 17.5 Å². The van der Waals surface area contributed by atoms with Crippen molar-refractivity contribution in [2.45, 2.75) is 37.6 Å². The Labute approximate surface area is 220 Å². The molecule has 3 aliphatic rings. The predicted molar refractivity (Wildman–Crippen MR) is 142 cm³/mol. The van der Waals surface area contributed by atoms with Crippen LogP contribution in [0.25, 0.3) is 22.0 Å². The van der Waals surface area contributed by atoms with Gasteiger partial charge in [-0.2, -0.15) is 9.97 Å². The monoisotopic (exact) mass is 519 g/mol. The van der Waals surface area contributed by atoms with Gasteiger partial charge in [-0.3, -0.25) is 4.79 Å². The Morgan fingerprint density at radius 1 is 1.21 bits per heavy atom. The number of fused-ring (bicyclic) bond motifs is 4. The minimum Gasteiger partial charge on any atom is -0.462 e. The molecule has 2 fully saturated rings. The zero-order chi connectivity index (χ0) is 26.4. The molecule has 1 amide bonds. The molecule has 1 aliphatic heterocycles. The number of hydrogen-bond donors (Lipinski definition) is 2. The molecular weight excluding hydrogens is 488 g/mol. The Bertz CT molecular complexity index is 1430. The van der Waals surface area contributed by atoms with Gasteiger partial charge in [0.1, 0.15) is 17.9 Å². The fraction of sp³-hybridized carbons (Fsp3) is 0.414. The molecule has 38 heavy (non-hydrogen) atoms. The molecule has 7 nitrogen and oxygen atoms in total. The number of anilines is 1. The van der Waals surface area contributed by atoms with Gasteiger partial charge in [0.05, 0.1) is 0 Å². The number of hydrogen-bond acceptors (Lipinski definition) is 6. The summed E-state index contributed by atoms with van der Waals surface area (Å²) < 4.78 is 35.2. The van der Waals surface area contributed by atoms with Crippen LogP contribution in [0.1, 0.15) is 36.3 Å². The summed E-state index contributed by atoms with van der Waals surface area (Å²) in [4.78, 5) is 22.7. The fourth-order valence-electron chi connectivity index (χ4n) is 5.94. The highest BCUT2D eigenvalue weighted by atomic mass is 19.1. The topological polar surface area (TPSA) is 79.4 Å². The molecule has 0 spiro atoms. The van der Waals surface area contributed by atoms with Crippen LogP contribution in [0.15, 0.2) is 42.7 Å². The second kappa shape index (κ2) is 9.94. The van der Waals surface area contributed by atoms with Gasteiger partial charge in [-0.05, 0) is 73.9 Å². The van der Waals surface area contributed by atoms with E-state index in [9.17, 15) is 9.18 Å². The molecule has 0 unspecified atom stereocenters. The lowest BCUT2D eigenvalue weighted by Gasteiger charge is -2.19. The maximum atomic E-state index is 16.2. The maximum absolute atomic E-state index is 16.2. The van der Waals surface area contributed by atoms with E-state index in [0.29, 0.717) is 35.2 Å². The lowest BCUT2D eigenvalue weighted by molar-refractivity contribution is -0.118. The molecule has 2 heterocycles. The number of carbonyl (C=O) groups is 1. The number of rotatable bonds is 9. The Kier molecular flexibility index (Phi) is 6.47. The Hall–Kier alpha value is -3.59. The average molecular weight is 520 g/mol. The summed E-state index contributed by atoms with van der Waals surface area (Å²) in [5.41, 5.74) is 4.23. The minimum atomic E-state index is -1.05. The Morgan fingerprint density at radius 2 is 2.08 bits per heavy atom. The zero-order valence-electron chi connectivity index (χ0n) is 21.4. The summed E-state index contributed by atoms with van der Waals surface area (Å²) in [6, 6.07) is 10.1. The SMILES string of the molecule is C=C(F)C(=O)NCCNc1nc(OC[C@@H]2CCCN2C)nc2c(F)c(-c3cccc4c3[C@H]3C[C@H]3C4)ccc12. The van der Waals surface area contributed by atoms with Gasteiger partial charge < -0.3 is 20.3 Å². The highest BCUT2D eigenvalue weighted by molar-refractivity contribution is 5.94. The number of nitrogens with one attached hydrogen (secondary N) is 2. The summed E-state index contributed by atoms with van der Waals surface area (Å²) in [7, 11) is 2.06. The highest BCUT2D eigenvalue weighted by Gasteiger charge is 2.46. The summed E-state index contributed by atoms with van der Waals surface area (Å²) >= 11 is 0. The number of nitrogens with zero attached hydrogens (tertiary/aromatic N) is 3. The van der Waals surface area contributed by atoms with Crippen LogP contribution in [0.3, 0.4) is 0 Å². The van der Waals surface area contributed by atoms with E-state index in [1.807, 2.05) is 18.2 Å². The molecule has 3 aromatic rings. The first kappa shape index (κ1) is 24.7. The van der Waals surface area contributed by atoms with Crippen molar-refractivity contribution in [2.75, 3.05) is 38.6 Å². The number of carbonyl (C=O) groups excluding carboxylic acids is 1. The van der Waals surface area contributed by atoms with Gasteiger partial charge in [-0.15, -0.1) is 0 Å². The van der Waals surface area contributed by atoms with Crippen molar-refractivity contribution in [3.05, 3.63) is 59.7 Å². The first-order valence-corrected chi connectivity index (χ1v) is 13.2. The largest absolute Gasteiger partial charge is 0.462 e. The van der Waals surface area contributed by atoms with E-state index in [1.54, 1.807) is 6.07 Å². The summed E-state index contributed by atoms with van der Waals surface area (Å²) in [6.07, 6.45) is 4.37. The van der Waals surface area contributed by atoms with Crippen LogP contribution < -0.4 is 15.4 Å². The Balaban J connectivity index is 1.33. The summed E-state index contributed by atoms with van der Waals surface area (Å²) in [5.74, 6) is -0.717. The van der Waals surface area contributed by atoms with Gasteiger partial charge in [-0.1, -0.05) is 30.8 Å². The summed E-state index contributed by atoms with van der Waals surface area (Å²) in [6.45, 7) is 4.79. The van der Waals surface area contributed by atoms with E-state index < -0.39 is 17.6 Å². The molecular formula is C29H31F2N5O2. The molecule has 1 aromatic heterocycles. The van der Waals surface area contributed by atoms with Gasteiger partial charge >= 0.3 is 6.01 Å². The quantitative estimate of drug-likeness (QED) is 0.318. The number of likely N-dealkylation sites (tertiary alicyclic amines) is 1. The molecule has 9 heteroatoms. The van der Waals surface area contributed by atoms with Crippen LogP contribution in [0.2, 0.25) is 0 Å². The van der Waals surface area contributed by atoms with Gasteiger partial charge in [0.15, 0.2) is 11.6 Å². The van der Waals surface area contributed by atoms with Crippen LogP contribution in [0.5, 0.6) is 6.01 Å². The van der Waals surface area contributed by atoms with E-state index in [-0.39, 0.29) is 30.7 Å². The molecule has 2 aliphatic carbocycles. The number of amides is 1. The first-order valence-electron chi connectivity index (χ1n) is 13.2. The molecule has 1 saturated heterocycles. The average Bonchev–Trinajstić information content (AvgIpc) is 3.38. The molecule has 3 atom stereocenters. The van der Waals surface area contributed by atoms with Crippen molar-refractivity contribution in [3.8, 4) is 17.1 Å². The van der Waals surface area contributed by atoms with Crippen LogP contribution in [0, 0.1) is 11.7 Å². The van der Waals surface area contributed by atoms with E-state index in [2.05, 4.69) is 45.2 Å². The minimum absolute atomic E-state index is 0.0954. The lowest BCUT2D eigenvalue weighted by Crippen LogP contribution is -2.31. The second-order valence-corrected chi connectivity index (χ2v) is 10.5. The van der Waals surface area contributed by atoms with Crippen molar-refractivity contribution < 1.29 is 18.3 Å². The lowest BCUT2D eigenvalue weighted by atomic mass is 9.93. The maximum Gasteiger partial charge on any atom is 0.319 e. The molecule has 0 bridgehead atoms. The highest BCUT2D eigenvalue weighted by Crippen LogP contribution is 2.58. The number of likely N-dealkylation sites (N-methyl/N-ethyl adjacent to an activating group) is 1. The van der Waals surface area contributed by atoms with Crippen molar-refractivity contribution in [1.82, 2.24) is 20.2 Å². The van der Waals surface area contributed by atoms with Gasteiger partial charge in [-0.25, -0.2) is 8.78 Å². The molecule has 1 saturated carbocycles. The van der Waals surface area contributed by atoms with Gasteiger partial charge in [0.2, 0.25) is 0 Å². The third-order valence-electron chi connectivity index (χ3n) is 8.07. The van der Waals surface area contributed by atoms with Crippen LogP contribution >= 0.6 is 0 Å². The van der Waals surface area contributed by atoms with Crippen molar-refractivity contribution in [1.29, 1.82) is 0 Å². The normalized spacial score (nSPS) is 21.7. The molecule has 6 rings (SSSR count). The van der Waals surface area contributed by atoms with Crippen molar-refractivity contribution in [3.63, 3.8) is 0 Å². The molecule has 2 N–H and O–H groups in total. The number of aromatic nitrogens is 2. The zero-order valence-corrected chi connectivity index (χ0v) is 21.4. The molecule has 2 aromatic carbocycles. The summed E-state index contributed by atoms with van der Waals surface area (Å²) in [5, 5.41) is 6.06. The predicted octanol–water partition coefficient (Wildman–Crippen LogP) is 4.58. The van der Waals surface area contributed by atoms with Crippen LogP contribution in [0.4, 0.5) is 14.6 Å². The number of ether oxygens (including phenoxy) is 1. The van der Waals surface area contributed by atoms with E-state index in [4.69, 9.17) is 4.74 Å². The molecule has 0 radical (unpaired) electrons. The van der Waals surface area contributed by atoms with Gasteiger partial charge in [0, 0.05) is 30.1 Å². The van der Waals surface area contributed by atoms with Gasteiger partial charge in [0.25, 0.3) is 5.91 Å². The third kappa shape index (κ3) is 4.60. The van der Waals surface area contributed by atoms with Crippen molar-refractivity contribution in [2.24, 2.45) is 5.92 Å². The smallest absolute Gasteiger partial charge is 0.319 e. The van der Waals surface area contributed by atoms with Crippen LogP contribution in [-0.4, -0.2) is 60.1 Å². The molecule has 198 valence electrons. The second-order valence-electron chi connectivity index (χ2n) is 10.5. The first-order chi connectivity index (χ1) is 18.4. The van der Waals surface area contributed by atoms with E-state index in [0.717, 1.165) is 31.4 Å².